The number of urea groups is 1. The standard InChI is InChI=1S/C28H29N5O3/c1-18-10-9-11-19(16-18)30-27(36)32-25-26(35)33(17-23(34)28(2,3)4)22-14-6-5-12-20(22)24(31-25)21-13-7-8-15-29-21/h5-16,25H,17H2,1-4H3,(H2,30,32,36)/t25-/m1/s1. The third kappa shape index (κ3) is 5.49. The first kappa shape index (κ1) is 24.8. The van der Waals surface area contributed by atoms with Crippen molar-refractivity contribution in [2.24, 2.45) is 10.4 Å². The fourth-order valence-corrected chi connectivity index (χ4v) is 3.79. The second-order valence-corrected chi connectivity index (χ2v) is 9.68. The maximum Gasteiger partial charge on any atom is 0.321 e. The molecule has 1 aliphatic rings. The summed E-state index contributed by atoms with van der Waals surface area (Å²) in [5.41, 5.74) is 3.10. The van der Waals surface area contributed by atoms with Crippen LogP contribution in [0.25, 0.3) is 0 Å². The molecule has 0 saturated heterocycles. The maximum absolute atomic E-state index is 13.8. The average Bonchev–Trinajstić information content (AvgIpc) is 2.94. The normalized spacial score (nSPS) is 15.4. The molecular formula is C28H29N5O3. The molecule has 0 bridgehead atoms. The number of para-hydroxylation sites is 1. The van der Waals surface area contributed by atoms with Crippen molar-refractivity contribution < 1.29 is 14.4 Å². The molecule has 0 radical (unpaired) electrons. The molecule has 2 heterocycles. The van der Waals surface area contributed by atoms with E-state index < -0.39 is 23.5 Å². The lowest BCUT2D eigenvalue weighted by molar-refractivity contribution is -0.127. The quantitative estimate of drug-likeness (QED) is 0.563. The maximum atomic E-state index is 13.8. The van der Waals surface area contributed by atoms with Crippen LogP contribution in [0.4, 0.5) is 16.2 Å². The fourth-order valence-electron chi connectivity index (χ4n) is 3.79. The van der Waals surface area contributed by atoms with Crippen LogP contribution < -0.4 is 15.5 Å². The summed E-state index contributed by atoms with van der Waals surface area (Å²) in [5.74, 6) is -0.625. The lowest BCUT2D eigenvalue weighted by Gasteiger charge is -2.28. The minimum absolute atomic E-state index is 0.116. The van der Waals surface area contributed by atoms with Gasteiger partial charge < -0.3 is 15.5 Å². The molecule has 1 aromatic heterocycles. The SMILES string of the molecule is Cc1cccc(NC(=O)N[C@H]2N=C(c3ccccn3)c3ccccc3N(CC(=O)C(C)(C)C)C2=O)c1. The van der Waals surface area contributed by atoms with Crippen LogP contribution in [0.2, 0.25) is 0 Å². The highest BCUT2D eigenvalue weighted by Crippen LogP contribution is 2.29. The van der Waals surface area contributed by atoms with E-state index in [1.54, 1.807) is 36.5 Å². The van der Waals surface area contributed by atoms with Crippen molar-refractivity contribution in [3.05, 3.63) is 89.7 Å². The van der Waals surface area contributed by atoms with Gasteiger partial charge in [-0.15, -0.1) is 0 Å². The Hall–Kier alpha value is -4.33. The number of Topliss-reactive ketones (excluding diaryl/α,β-unsaturated/α-hetero) is 1. The highest BCUT2D eigenvalue weighted by atomic mass is 16.2. The van der Waals surface area contributed by atoms with Crippen molar-refractivity contribution in [3.8, 4) is 0 Å². The first-order valence-corrected chi connectivity index (χ1v) is 11.7. The number of anilines is 2. The Bertz CT molecular complexity index is 1330. The van der Waals surface area contributed by atoms with E-state index in [1.807, 2.05) is 64.1 Å². The van der Waals surface area contributed by atoms with Crippen molar-refractivity contribution >= 4 is 34.8 Å². The molecule has 8 nitrogen and oxygen atoms in total. The Morgan fingerprint density at radius 1 is 1.00 bits per heavy atom. The Morgan fingerprint density at radius 2 is 1.75 bits per heavy atom. The highest BCUT2D eigenvalue weighted by Gasteiger charge is 2.36. The van der Waals surface area contributed by atoms with E-state index in [9.17, 15) is 14.4 Å². The van der Waals surface area contributed by atoms with Crippen molar-refractivity contribution in [1.29, 1.82) is 0 Å². The van der Waals surface area contributed by atoms with E-state index in [-0.39, 0.29) is 12.3 Å². The van der Waals surface area contributed by atoms with E-state index in [0.717, 1.165) is 5.56 Å². The number of amides is 3. The molecule has 4 rings (SSSR count). The van der Waals surface area contributed by atoms with Crippen LogP contribution in [0.15, 0.2) is 77.9 Å². The topological polar surface area (TPSA) is 104 Å². The lowest BCUT2D eigenvalue weighted by Crippen LogP contribution is -2.50. The van der Waals surface area contributed by atoms with Crippen LogP contribution in [0.5, 0.6) is 0 Å². The zero-order valence-electron chi connectivity index (χ0n) is 20.8. The summed E-state index contributed by atoms with van der Waals surface area (Å²) in [4.78, 5) is 50.2. The van der Waals surface area contributed by atoms with Gasteiger partial charge in [-0.05, 0) is 42.8 Å². The summed E-state index contributed by atoms with van der Waals surface area (Å²) in [6, 6.07) is 19.4. The number of pyridine rings is 1. The summed E-state index contributed by atoms with van der Waals surface area (Å²) in [5, 5.41) is 5.44. The molecule has 0 spiro atoms. The number of hydrogen-bond acceptors (Lipinski definition) is 5. The van der Waals surface area contributed by atoms with Crippen LogP contribution in [-0.4, -0.2) is 41.1 Å². The number of fused-ring (bicyclic) bond motifs is 1. The number of carbonyl (C=O) groups excluding carboxylic acids is 3. The molecule has 0 aliphatic carbocycles. The highest BCUT2D eigenvalue weighted by molar-refractivity contribution is 6.20. The number of ketones is 1. The number of rotatable bonds is 5. The third-order valence-electron chi connectivity index (χ3n) is 5.80. The Balaban J connectivity index is 1.75. The first-order valence-electron chi connectivity index (χ1n) is 11.7. The van der Waals surface area contributed by atoms with Gasteiger partial charge in [0.1, 0.15) is 0 Å². The summed E-state index contributed by atoms with van der Waals surface area (Å²) in [6.45, 7) is 7.20. The van der Waals surface area contributed by atoms with Crippen molar-refractivity contribution in [2.75, 3.05) is 16.8 Å². The number of hydrogen-bond donors (Lipinski definition) is 2. The molecule has 0 unspecified atom stereocenters. The molecule has 184 valence electrons. The number of benzene rings is 2. The monoisotopic (exact) mass is 483 g/mol. The van der Waals surface area contributed by atoms with E-state index in [2.05, 4.69) is 20.6 Å². The molecule has 8 heteroatoms. The summed E-state index contributed by atoms with van der Waals surface area (Å²) >= 11 is 0. The molecule has 0 saturated carbocycles. The fraction of sp³-hybridized carbons (Fsp3) is 0.250. The molecule has 1 atom stereocenters. The van der Waals surface area contributed by atoms with Gasteiger partial charge >= 0.3 is 6.03 Å². The second-order valence-electron chi connectivity index (χ2n) is 9.68. The van der Waals surface area contributed by atoms with Gasteiger partial charge in [-0.2, -0.15) is 0 Å². The number of aliphatic imine (C=N–C) groups is 1. The number of nitrogens with zero attached hydrogens (tertiary/aromatic N) is 3. The minimum atomic E-state index is -1.27. The minimum Gasteiger partial charge on any atom is -0.308 e. The summed E-state index contributed by atoms with van der Waals surface area (Å²) in [6.07, 6.45) is 0.369. The summed E-state index contributed by atoms with van der Waals surface area (Å²) in [7, 11) is 0. The van der Waals surface area contributed by atoms with E-state index in [0.29, 0.717) is 28.3 Å². The largest absolute Gasteiger partial charge is 0.321 e. The molecule has 2 N–H and O–H groups in total. The van der Waals surface area contributed by atoms with Crippen molar-refractivity contribution in [1.82, 2.24) is 10.3 Å². The average molecular weight is 484 g/mol. The third-order valence-corrected chi connectivity index (χ3v) is 5.80. The Kier molecular flexibility index (Phi) is 6.96. The van der Waals surface area contributed by atoms with Gasteiger partial charge in [-0.25, -0.2) is 9.79 Å². The number of carbonyl (C=O) groups is 3. The molecule has 3 aromatic rings. The number of aromatic nitrogens is 1. The first-order chi connectivity index (χ1) is 17.1. The van der Waals surface area contributed by atoms with Crippen molar-refractivity contribution in [2.45, 2.75) is 33.9 Å². The number of aryl methyl sites for hydroxylation is 1. The van der Waals surface area contributed by atoms with Gasteiger partial charge in [-0.3, -0.25) is 14.6 Å². The van der Waals surface area contributed by atoms with Crippen LogP contribution in [0, 0.1) is 12.3 Å². The van der Waals surface area contributed by atoms with E-state index in [1.165, 1.54) is 4.90 Å². The molecule has 3 amide bonds. The molecular weight excluding hydrogens is 454 g/mol. The van der Waals surface area contributed by atoms with Gasteiger partial charge in [0.2, 0.25) is 6.17 Å². The molecule has 1 aliphatic heterocycles. The number of nitrogens with one attached hydrogen (secondary N) is 2. The smallest absolute Gasteiger partial charge is 0.308 e. The van der Waals surface area contributed by atoms with Crippen molar-refractivity contribution in [3.63, 3.8) is 0 Å². The van der Waals surface area contributed by atoms with Gasteiger partial charge in [0.05, 0.1) is 23.6 Å². The molecule has 0 fully saturated rings. The molecule has 36 heavy (non-hydrogen) atoms. The lowest BCUT2D eigenvalue weighted by atomic mass is 9.90. The van der Waals surface area contributed by atoms with Gasteiger partial charge in [0, 0.05) is 22.9 Å². The predicted molar refractivity (Wildman–Crippen MR) is 140 cm³/mol. The zero-order chi connectivity index (χ0) is 25.9. The van der Waals surface area contributed by atoms with E-state index >= 15 is 0 Å². The van der Waals surface area contributed by atoms with Crippen LogP contribution in [0.3, 0.4) is 0 Å². The van der Waals surface area contributed by atoms with Crippen LogP contribution in [-0.2, 0) is 9.59 Å². The van der Waals surface area contributed by atoms with Crippen LogP contribution >= 0.6 is 0 Å². The van der Waals surface area contributed by atoms with Crippen LogP contribution in [0.1, 0.15) is 37.6 Å². The molecule has 2 aromatic carbocycles. The Labute approximate surface area is 210 Å². The van der Waals surface area contributed by atoms with Gasteiger partial charge in [0.15, 0.2) is 5.78 Å². The summed E-state index contributed by atoms with van der Waals surface area (Å²) < 4.78 is 0. The van der Waals surface area contributed by atoms with E-state index in [4.69, 9.17) is 0 Å². The van der Waals surface area contributed by atoms with Gasteiger partial charge in [-0.1, -0.05) is 57.2 Å². The Morgan fingerprint density at radius 3 is 2.44 bits per heavy atom. The number of benzodiazepines with no additional fused rings is 1. The van der Waals surface area contributed by atoms with Gasteiger partial charge in [0.25, 0.3) is 5.91 Å². The predicted octanol–water partition coefficient (Wildman–Crippen LogP) is 4.34. The second kappa shape index (κ2) is 10.1. The zero-order valence-corrected chi connectivity index (χ0v) is 20.8.